The largest absolute Gasteiger partial charge is 0.507 e. The molecule has 3 aromatic carbocycles. The molecule has 0 aliphatic rings. The lowest BCUT2D eigenvalue weighted by Gasteiger charge is -2.20. The van der Waals surface area contributed by atoms with Crippen molar-refractivity contribution >= 4 is 16.8 Å². The topological polar surface area (TPSA) is 92.0 Å². The number of halogens is 3. The average molecular weight is 412 g/mol. The van der Waals surface area contributed by atoms with Crippen molar-refractivity contribution in [3.05, 3.63) is 78.1 Å². The number of phenols is 1. The smallest absolute Gasteiger partial charge is 0.420 e. The molecule has 1 heterocycles. The summed E-state index contributed by atoms with van der Waals surface area (Å²) in [4.78, 5) is 0. The Morgan fingerprint density at radius 1 is 0.967 bits per heavy atom. The Hall–Kier alpha value is -3.94. The highest BCUT2D eigenvalue weighted by atomic mass is 19.4. The first-order chi connectivity index (χ1) is 14.3. The van der Waals surface area contributed by atoms with Crippen molar-refractivity contribution in [2.24, 2.45) is 10.9 Å². The summed E-state index contributed by atoms with van der Waals surface area (Å²) in [7, 11) is 0. The molecule has 0 bridgehead atoms. The first-order valence-electron chi connectivity index (χ1n) is 8.80. The molecule has 4 rings (SSSR count). The van der Waals surface area contributed by atoms with Gasteiger partial charge in [-0.3, -0.25) is 0 Å². The van der Waals surface area contributed by atoms with E-state index in [1.807, 2.05) is 0 Å². The van der Waals surface area contributed by atoms with Crippen molar-refractivity contribution in [3.8, 4) is 28.0 Å². The van der Waals surface area contributed by atoms with Gasteiger partial charge in [0.25, 0.3) is 0 Å². The number of nitrogens with zero attached hydrogens (tertiary/aromatic N) is 1. The van der Waals surface area contributed by atoms with E-state index in [2.05, 4.69) is 5.16 Å². The summed E-state index contributed by atoms with van der Waals surface area (Å²) in [5.74, 6) is -1.79. The Morgan fingerprint density at radius 2 is 1.70 bits per heavy atom. The van der Waals surface area contributed by atoms with E-state index < -0.39 is 28.9 Å². The molecule has 4 N–H and O–H groups in total. The summed E-state index contributed by atoms with van der Waals surface area (Å²) in [6.45, 7) is 0. The molecule has 0 atom stereocenters. The zero-order chi connectivity index (χ0) is 21.5. The Kier molecular flexibility index (Phi) is 4.62. The van der Waals surface area contributed by atoms with Crippen molar-refractivity contribution in [2.45, 2.75) is 6.18 Å². The summed E-state index contributed by atoms with van der Waals surface area (Å²) < 4.78 is 46.7. The average Bonchev–Trinajstić information content (AvgIpc) is 3.21. The monoisotopic (exact) mass is 412 g/mol. The maximum absolute atomic E-state index is 13.7. The second-order valence-electron chi connectivity index (χ2n) is 6.56. The Balaban J connectivity index is 2.22. The summed E-state index contributed by atoms with van der Waals surface area (Å²) >= 11 is 0. The molecule has 5 nitrogen and oxygen atoms in total. The first-order valence-corrected chi connectivity index (χ1v) is 8.80. The molecule has 30 heavy (non-hydrogen) atoms. The lowest BCUT2D eigenvalue weighted by molar-refractivity contribution is -0.138. The quantitative estimate of drug-likeness (QED) is 0.177. The minimum atomic E-state index is -4.87. The number of aromatic hydroxyl groups is 1. The molecule has 0 aliphatic carbocycles. The van der Waals surface area contributed by atoms with Crippen LogP contribution in [0.5, 0.6) is 5.75 Å². The fourth-order valence-electron chi connectivity index (χ4n) is 3.50. The maximum atomic E-state index is 13.7. The SMILES string of the molecule is NC(=NO)c1c(O)c(C(F)(F)F)cc(-c2ccccc2)c1-c1cccc2ccoc12. The molecular formula is C22H15F3N2O3. The number of furan rings is 1. The van der Waals surface area contributed by atoms with Gasteiger partial charge in [-0.25, -0.2) is 0 Å². The van der Waals surface area contributed by atoms with Crippen LogP contribution in [0.25, 0.3) is 33.2 Å². The van der Waals surface area contributed by atoms with Crippen LogP contribution >= 0.6 is 0 Å². The number of amidine groups is 1. The highest BCUT2D eigenvalue weighted by Gasteiger charge is 2.38. The van der Waals surface area contributed by atoms with Crippen LogP contribution in [0.2, 0.25) is 0 Å². The van der Waals surface area contributed by atoms with Gasteiger partial charge in [0.05, 0.1) is 17.4 Å². The van der Waals surface area contributed by atoms with Crippen molar-refractivity contribution < 1.29 is 27.9 Å². The standard InChI is InChI=1S/C22H15F3N2O3/c23-22(24,25)16-11-15(12-5-2-1-3-6-12)17(18(19(16)28)21(26)27-29)14-8-4-7-13-9-10-30-20(13)14/h1-11,28-29H,(H2,26,27). The van der Waals surface area contributed by atoms with Gasteiger partial charge < -0.3 is 20.5 Å². The van der Waals surface area contributed by atoms with E-state index >= 15 is 0 Å². The second-order valence-corrected chi connectivity index (χ2v) is 6.56. The van der Waals surface area contributed by atoms with Crippen LogP contribution in [0.4, 0.5) is 13.2 Å². The predicted octanol–water partition coefficient (Wildman–Crippen LogP) is 5.59. The molecule has 0 unspecified atom stereocenters. The number of benzene rings is 3. The maximum Gasteiger partial charge on any atom is 0.420 e. The highest BCUT2D eigenvalue weighted by molar-refractivity contribution is 6.12. The van der Waals surface area contributed by atoms with Crippen LogP contribution in [0.15, 0.2) is 76.5 Å². The molecular weight excluding hydrogens is 397 g/mol. The van der Waals surface area contributed by atoms with Crippen molar-refractivity contribution in [3.63, 3.8) is 0 Å². The van der Waals surface area contributed by atoms with E-state index in [4.69, 9.17) is 10.2 Å². The van der Waals surface area contributed by atoms with Gasteiger partial charge in [0.2, 0.25) is 0 Å². The predicted molar refractivity (Wildman–Crippen MR) is 106 cm³/mol. The van der Waals surface area contributed by atoms with E-state index in [1.165, 1.54) is 6.26 Å². The summed E-state index contributed by atoms with van der Waals surface area (Å²) in [5.41, 5.74) is 5.56. The van der Waals surface area contributed by atoms with Crippen LogP contribution < -0.4 is 5.73 Å². The number of hydrogen-bond acceptors (Lipinski definition) is 4. The van der Waals surface area contributed by atoms with Gasteiger partial charge >= 0.3 is 6.18 Å². The van der Waals surface area contributed by atoms with Crippen LogP contribution in [0.3, 0.4) is 0 Å². The number of alkyl halides is 3. The number of rotatable bonds is 3. The number of hydrogen-bond donors (Lipinski definition) is 3. The Bertz CT molecular complexity index is 1260. The molecule has 152 valence electrons. The zero-order valence-corrected chi connectivity index (χ0v) is 15.3. The number of para-hydroxylation sites is 1. The first kappa shape index (κ1) is 19.4. The molecule has 0 saturated carbocycles. The number of phenolic OH excluding ortho intramolecular Hbond substituents is 1. The molecule has 0 amide bonds. The van der Waals surface area contributed by atoms with Gasteiger partial charge in [-0.1, -0.05) is 53.7 Å². The van der Waals surface area contributed by atoms with Crippen molar-refractivity contribution in [2.75, 3.05) is 0 Å². The van der Waals surface area contributed by atoms with E-state index in [-0.39, 0.29) is 11.1 Å². The minimum absolute atomic E-state index is 0.145. The van der Waals surface area contributed by atoms with Gasteiger partial charge in [0.1, 0.15) is 11.3 Å². The highest BCUT2D eigenvalue weighted by Crippen LogP contribution is 2.47. The van der Waals surface area contributed by atoms with Crippen LogP contribution in [0.1, 0.15) is 11.1 Å². The molecule has 4 aromatic rings. The fraction of sp³-hybridized carbons (Fsp3) is 0.0455. The van der Waals surface area contributed by atoms with E-state index in [0.717, 1.165) is 6.07 Å². The molecule has 0 aliphatic heterocycles. The summed E-state index contributed by atoms with van der Waals surface area (Å²) in [6.07, 6.45) is -3.42. The van der Waals surface area contributed by atoms with E-state index in [9.17, 15) is 23.5 Å². The van der Waals surface area contributed by atoms with Gasteiger partial charge in [-0.05, 0) is 23.3 Å². The molecule has 1 aromatic heterocycles. The summed E-state index contributed by atoms with van der Waals surface area (Å²) in [5, 5.41) is 23.4. The van der Waals surface area contributed by atoms with Gasteiger partial charge in [0.15, 0.2) is 5.84 Å². The Morgan fingerprint density at radius 3 is 2.37 bits per heavy atom. The molecule has 0 radical (unpaired) electrons. The van der Waals surface area contributed by atoms with Crippen LogP contribution in [-0.4, -0.2) is 16.1 Å². The number of nitrogens with two attached hydrogens (primary N) is 1. The molecule has 8 heteroatoms. The van der Waals surface area contributed by atoms with E-state index in [0.29, 0.717) is 22.1 Å². The number of oxime groups is 1. The lowest BCUT2D eigenvalue weighted by Crippen LogP contribution is -2.18. The molecule has 0 saturated heterocycles. The second kappa shape index (κ2) is 7.14. The van der Waals surface area contributed by atoms with Gasteiger partial charge in [-0.15, -0.1) is 0 Å². The minimum Gasteiger partial charge on any atom is -0.507 e. The third kappa shape index (κ3) is 3.12. The van der Waals surface area contributed by atoms with Crippen LogP contribution in [0, 0.1) is 0 Å². The van der Waals surface area contributed by atoms with Crippen molar-refractivity contribution in [1.29, 1.82) is 0 Å². The third-order valence-corrected chi connectivity index (χ3v) is 4.80. The number of fused-ring (bicyclic) bond motifs is 1. The Labute approximate surface area is 168 Å². The van der Waals surface area contributed by atoms with E-state index in [1.54, 1.807) is 54.6 Å². The van der Waals surface area contributed by atoms with Crippen LogP contribution in [-0.2, 0) is 6.18 Å². The van der Waals surface area contributed by atoms with Crippen molar-refractivity contribution in [1.82, 2.24) is 0 Å². The normalized spacial score (nSPS) is 12.4. The summed E-state index contributed by atoms with van der Waals surface area (Å²) in [6, 6.07) is 16.0. The third-order valence-electron chi connectivity index (χ3n) is 4.80. The van der Waals surface area contributed by atoms with Gasteiger partial charge in [0, 0.05) is 16.5 Å². The fourth-order valence-corrected chi connectivity index (χ4v) is 3.50. The lowest BCUT2D eigenvalue weighted by atomic mass is 9.86. The molecule has 0 fully saturated rings. The zero-order valence-electron chi connectivity index (χ0n) is 15.3. The molecule has 0 spiro atoms. The van der Waals surface area contributed by atoms with Gasteiger partial charge in [-0.2, -0.15) is 13.2 Å².